The van der Waals surface area contributed by atoms with Crippen LogP contribution in [0.1, 0.15) is 109 Å². The highest BCUT2D eigenvalue weighted by Crippen LogP contribution is 2.37. The lowest BCUT2D eigenvalue weighted by molar-refractivity contribution is -0.122. The van der Waals surface area contributed by atoms with Crippen LogP contribution in [0, 0.1) is 5.92 Å². The zero-order chi connectivity index (χ0) is 33.2. The molecule has 1 amide bonds. The van der Waals surface area contributed by atoms with Gasteiger partial charge in [0.2, 0.25) is 6.41 Å². The molecule has 246 valence electrons. The number of benzene rings is 1. The van der Waals surface area contributed by atoms with Gasteiger partial charge in [-0.2, -0.15) is 0 Å². The van der Waals surface area contributed by atoms with E-state index in [2.05, 4.69) is 112 Å². The van der Waals surface area contributed by atoms with Crippen LogP contribution in [0.5, 0.6) is 0 Å². The van der Waals surface area contributed by atoms with E-state index in [4.69, 9.17) is 14.6 Å². The smallest absolute Gasteiger partial charge is 0.290 e. The number of hydrogen-bond acceptors (Lipinski definition) is 4. The van der Waals surface area contributed by atoms with Crippen LogP contribution in [-0.2, 0) is 14.3 Å². The number of nitrogens with one attached hydrogen (secondary N) is 1. The van der Waals surface area contributed by atoms with Crippen molar-refractivity contribution in [1.29, 1.82) is 0 Å². The SMILES string of the molecule is C=C(NC=O)/C(C)=C\C(=C/CC)CC.CCC1CCC(c2ccc(C3C=CC4=C(/C=C\C3)N(C)CC(C)O4)cc2)CC1.O=CO. The predicted octanol–water partition coefficient (Wildman–Crippen LogP) is 9.17. The fraction of sp³-hybridized carbons (Fsp3) is 0.487. The summed E-state index contributed by atoms with van der Waals surface area (Å²) < 4.78 is 6.10. The molecule has 4 rings (SSSR count). The van der Waals surface area contributed by atoms with Crippen LogP contribution in [-0.4, -0.2) is 42.6 Å². The molecule has 2 unspecified atom stereocenters. The van der Waals surface area contributed by atoms with Gasteiger partial charge in [-0.05, 0) is 99.5 Å². The molecule has 6 nitrogen and oxygen atoms in total. The van der Waals surface area contributed by atoms with E-state index >= 15 is 0 Å². The minimum absolute atomic E-state index is 0.238. The third kappa shape index (κ3) is 12.3. The highest BCUT2D eigenvalue weighted by atomic mass is 16.5. The van der Waals surface area contributed by atoms with Gasteiger partial charge in [-0.15, -0.1) is 0 Å². The number of nitrogens with zero attached hydrogens (tertiary/aromatic N) is 1. The number of hydrogen-bond donors (Lipinski definition) is 2. The lowest BCUT2D eigenvalue weighted by Crippen LogP contribution is -2.34. The summed E-state index contributed by atoms with van der Waals surface area (Å²) in [5.41, 5.74) is 7.09. The lowest BCUT2D eigenvalue weighted by atomic mass is 9.77. The molecule has 1 aliphatic heterocycles. The van der Waals surface area contributed by atoms with E-state index in [9.17, 15) is 4.79 Å². The van der Waals surface area contributed by atoms with Crippen molar-refractivity contribution in [2.45, 2.75) is 104 Å². The van der Waals surface area contributed by atoms with Gasteiger partial charge in [0.05, 0.1) is 12.2 Å². The highest BCUT2D eigenvalue weighted by molar-refractivity contribution is 5.53. The number of carboxylic acid groups (broad SMARTS) is 1. The molecule has 0 bridgehead atoms. The van der Waals surface area contributed by atoms with Crippen LogP contribution in [0.2, 0.25) is 0 Å². The van der Waals surface area contributed by atoms with E-state index in [1.54, 1.807) is 5.56 Å². The topological polar surface area (TPSA) is 78.9 Å². The Balaban J connectivity index is 0.000000351. The van der Waals surface area contributed by atoms with Crippen LogP contribution in [0.25, 0.3) is 0 Å². The number of ether oxygens (including phenoxy) is 1. The van der Waals surface area contributed by atoms with Crippen LogP contribution in [0.15, 0.2) is 95.6 Å². The Morgan fingerprint density at radius 2 is 1.71 bits per heavy atom. The van der Waals surface area contributed by atoms with E-state index in [0.29, 0.717) is 18.0 Å². The van der Waals surface area contributed by atoms with E-state index in [-0.39, 0.29) is 12.6 Å². The van der Waals surface area contributed by atoms with Crippen molar-refractivity contribution < 1.29 is 19.4 Å². The Hall–Kier alpha value is -3.80. The van der Waals surface area contributed by atoms with Crippen molar-refractivity contribution in [2.75, 3.05) is 13.6 Å². The second-order valence-corrected chi connectivity index (χ2v) is 12.2. The third-order valence-electron chi connectivity index (χ3n) is 8.91. The first-order chi connectivity index (χ1) is 21.7. The van der Waals surface area contributed by atoms with Gasteiger partial charge in [0.1, 0.15) is 11.9 Å². The molecule has 6 heteroatoms. The van der Waals surface area contributed by atoms with Gasteiger partial charge >= 0.3 is 0 Å². The summed E-state index contributed by atoms with van der Waals surface area (Å²) in [6, 6.07) is 9.50. The van der Waals surface area contributed by atoms with E-state index in [0.717, 1.165) is 49.0 Å². The van der Waals surface area contributed by atoms with Crippen LogP contribution in [0.3, 0.4) is 0 Å². The van der Waals surface area contributed by atoms with Gasteiger partial charge in [0.15, 0.2) is 0 Å². The van der Waals surface area contributed by atoms with Gasteiger partial charge in [-0.1, -0.05) is 87.9 Å². The van der Waals surface area contributed by atoms with E-state index in [1.807, 2.05) is 6.92 Å². The Bertz CT molecular complexity index is 1230. The summed E-state index contributed by atoms with van der Waals surface area (Å²) in [7, 11) is 2.15. The maximum absolute atomic E-state index is 10.2. The van der Waals surface area contributed by atoms with E-state index in [1.165, 1.54) is 48.9 Å². The average molecular weight is 617 g/mol. The van der Waals surface area contributed by atoms with Crippen molar-refractivity contribution >= 4 is 12.9 Å². The highest BCUT2D eigenvalue weighted by Gasteiger charge is 2.23. The number of carbonyl (C=O) groups excluding carboxylic acids is 1. The maximum Gasteiger partial charge on any atom is 0.290 e. The molecule has 2 atom stereocenters. The second kappa shape index (κ2) is 20.3. The molecule has 2 N–H and O–H groups in total. The minimum Gasteiger partial charge on any atom is -0.487 e. The number of amides is 1. The Labute approximate surface area is 272 Å². The van der Waals surface area contributed by atoms with Gasteiger partial charge in [0.25, 0.3) is 6.47 Å². The summed E-state index contributed by atoms with van der Waals surface area (Å²) in [5.74, 6) is 3.16. The summed E-state index contributed by atoms with van der Waals surface area (Å²) in [4.78, 5) is 20.8. The Morgan fingerprint density at radius 3 is 2.29 bits per heavy atom. The molecule has 1 fully saturated rings. The standard InChI is InChI=1S/C26H35NO.C12H19NO.CH2O2/c1-4-20-8-10-22(11-9-20)24-14-12-23(13-15-24)21-6-5-7-25-26(17-16-21)28-19(2)18-27(25)3;1-5-7-12(6-2)8-10(3)11(4)13-9-14;2-1-3/h5,7,12-17,19-22H,4,6,8-11,18H2,1-3H3;7-9H,4-6H2,1-3H3,(H,13,14);1H,(H,2,3)/b7-5-,17-16?;10-8-,12-7-;. The van der Waals surface area contributed by atoms with Gasteiger partial charge in [-0.25, -0.2) is 0 Å². The largest absolute Gasteiger partial charge is 0.487 e. The molecule has 1 aromatic carbocycles. The fourth-order valence-corrected chi connectivity index (χ4v) is 6.21. The first-order valence-corrected chi connectivity index (χ1v) is 16.6. The summed E-state index contributed by atoms with van der Waals surface area (Å²) >= 11 is 0. The quantitative estimate of drug-likeness (QED) is 0.214. The number of carbonyl (C=O) groups is 2. The molecule has 3 aliphatic rings. The molecule has 1 aromatic rings. The average Bonchev–Trinajstić information content (AvgIpc) is 3.03. The van der Waals surface area contributed by atoms with Crippen molar-refractivity contribution in [3.8, 4) is 0 Å². The van der Waals surface area contributed by atoms with Gasteiger partial charge in [-0.3, -0.25) is 9.59 Å². The molecule has 2 aliphatic carbocycles. The predicted molar refractivity (Wildman–Crippen MR) is 187 cm³/mol. The summed E-state index contributed by atoms with van der Waals surface area (Å²) in [5, 5.41) is 9.44. The van der Waals surface area contributed by atoms with Crippen molar-refractivity contribution in [1.82, 2.24) is 10.2 Å². The molecule has 1 saturated carbocycles. The van der Waals surface area contributed by atoms with E-state index < -0.39 is 0 Å². The molecule has 0 saturated heterocycles. The van der Waals surface area contributed by atoms with Crippen LogP contribution in [0.4, 0.5) is 0 Å². The normalized spacial score (nSPS) is 23.8. The van der Waals surface area contributed by atoms with Crippen molar-refractivity contribution in [2.24, 2.45) is 5.92 Å². The maximum atomic E-state index is 10.2. The molecular weight excluding hydrogens is 560 g/mol. The first-order valence-electron chi connectivity index (χ1n) is 16.6. The number of allylic oxidation sites excluding steroid dienone is 8. The van der Waals surface area contributed by atoms with Crippen molar-refractivity contribution in [3.05, 3.63) is 107 Å². The second-order valence-electron chi connectivity index (χ2n) is 12.2. The number of likely N-dealkylation sites (N-methyl/N-ethyl adjacent to an activating group) is 1. The Morgan fingerprint density at radius 1 is 1.07 bits per heavy atom. The lowest BCUT2D eigenvalue weighted by Gasteiger charge is -2.33. The van der Waals surface area contributed by atoms with Gasteiger partial charge < -0.3 is 20.1 Å². The molecular formula is C39H56N2O4. The van der Waals surface area contributed by atoms with Crippen LogP contribution < -0.4 is 5.32 Å². The fourth-order valence-electron chi connectivity index (χ4n) is 6.21. The first kappa shape index (κ1) is 37.4. The summed E-state index contributed by atoms with van der Waals surface area (Å²) in [6.45, 7) is 15.1. The molecule has 45 heavy (non-hydrogen) atoms. The number of rotatable bonds is 9. The minimum atomic E-state index is -0.250. The third-order valence-corrected chi connectivity index (χ3v) is 8.91. The molecule has 0 radical (unpaired) electrons. The molecule has 0 aromatic heterocycles. The summed E-state index contributed by atoms with van der Waals surface area (Å²) in [6.07, 6.45) is 24.1. The van der Waals surface area contributed by atoms with Crippen molar-refractivity contribution in [3.63, 3.8) is 0 Å². The van der Waals surface area contributed by atoms with Crippen LogP contribution >= 0.6 is 0 Å². The van der Waals surface area contributed by atoms with Gasteiger partial charge in [0, 0.05) is 18.7 Å². The molecule has 1 heterocycles. The Kier molecular flexibility index (Phi) is 16.8. The zero-order valence-electron chi connectivity index (χ0n) is 28.4. The monoisotopic (exact) mass is 616 g/mol. The molecule has 0 spiro atoms. The zero-order valence-corrected chi connectivity index (χ0v) is 28.4.